The monoisotopic (exact) mass is 322 g/mol. The van der Waals surface area contributed by atoms with E-state index in [-0.39, 0.29) is 0 Å². The average Bonchev–Trinajstić information content (AvgIpc) is 2.87. The van der Waals surface area contributed by atoms with Gasteiger partial charge in [-0.15, -0.1) is 0 Å². The number of halogens is 3. The zero-order valence-electron chi connectivity index (χ0n) is 12.7. The SMILES string of the molecule is CCn1c(N2CCNCC2)c(C#N)c2ccc(C(F)(F)F)cc21. The Hall–Kier alpha value is -2.20. The number of aryl methyl sites for hydroxylation is 1. The van der Waals surface area contributed by atoms with Crippen LogP contribution in [-0.4, -0.2) is 30.7 Å². The fourth-order valence-corrected chi connectivity index (χ4v) is 3.15. The lowest BCUT2D eigenvalue weighted by molar-refractivity contribution is -0.137. The van der Waals surface area contributed by atoms with Gasteiger partial charge in [0.2, 0.25) is 0 Å². The first-order chi connectivity index (χ1) is 11.0. The lowest BCUT2D eigenvalue weighted by Crippen LogP contribution is -2.44. The number of benzene rings is 1. The number of nitrogens with zero attached hydrogens (tertiary/aromatic N) is 3. The van der Waals surface area contributed by atoms with Crippen LogP contribution in [0.5, 0.6) is 0 Å². The van der Waals surface area contributed by atoms with Gasteiger partial charge >= 0.3 is 6.18 Å². The van der Waals surface area contributed by atoms with E-state index in [9.17, 15) is 18.4 Å². The number of fused-ring (bicyclic) bond motifs is 1. The second kappa shape index (κ2) is 5.78. The molecule has 7 heteroatoms. The third-order valence-corrected chi connectivity index (χ3v) is 4.21. The van der Waals surface area contributed by atoms with Crippen molar-refractivity contribution in [1.82, 2.24) is 9.88 Å². The van der Waals surface area contributed by atoms with Crippen molar-refractivity contribution in [2.45, 2.75) is 19.6 Å². The molecule has 1 aromatic carbocycles. The van der Waals surface area contributed by atoms with Crippen LogP contribution in [0, 0.1) is 11.3 Å². The van der Waals surface area contributed by atoms with Crippen LogP contribution in [0.15, 0.2) is 18.2 Å². The molecule has 0 unspecified atom stereocenters. The predicted molar refractivity (Wildman–Crippen MR) is 82.4 cm³/mol. The predicted octanol–water partition coefficient (Wildman–Crippen LogP) is 2.96. The number of aromatic nitrogens is 1. The number of nitriles is 1. The number of rotatable bonds is 2. The summed E-state index contributed by atoms with van der Waals surface area (Å²) in [4.78, 5) is 2.08. The smallest absolute Gasteiger partial charge is 0.354 e. The molecule has 4 nitrogen and oxygen atoms in total. The molecule has 1 N–H and O–H groups in total. The Kier molecular flexibility index (Phi) is 3.94. The second-order valence-corrected chi connectivity index (χ2v) is 5.52. The summed E-state index contributed by atoms with van der Waals surface area (Å²) in [7, 11) is 0. The summed E-state index contributed by atoms with van der Waals surface area (Å²) in [5.41, 5.74) is 0.235. The van der Waals surface area contributed by atoms with Crippen LogP contribution in [-0.2, 0) is 12.7 Å². The van der Waals surface area contributed by atoms with Gasteiger partial charge < -0.3 is 14.8 Å². The Labute approximate surface area is 132 Å². The highest BCUT2D eigenvalue weighted by atomic mass is 19.4. The van der Waals surface area contributed by atoms with Gasteiger partial charge in [-0.3, -0.25) is 0 Å². The Morgan fingerprint density at radius 2 is 1.96 bits per heavy atom. The molecule has 0 bridgehead atoms. The number of anilines is 1. The summed E-state index contributed by atoms with van der Waals surface area (Å²) >= 11 is 0. The summed E-state index contributed by atoms with van der Waals surface area (Å²) in [6.07, 6.45) is -4.39. The summed E-state index contributed by atoms with van der Waals surface area (Å²) in [6.45, 7) is 5.45. The summed E-state index contributed by atoms with van der Waals surface area (Å²) in [5, 5.41) is 13.4. The van der Waals surface area contributed by atoms with Crippen LogP contribution < -0.4 is 10.2 Å². The summed E-state index contributed by atoms with van der Waals surface area (Å²) in [6, 6.07) is 5.79. The maximum Gasteiger partial charge on any atom is 0.416 e. The van der Waals surface area contributed by atoms with E-state index in [0.29, 0.717) is 23.0 Å². The van der Waals surface area contributed by atoms with E-state index in [4.69, 9.17) is 0 Å². The standard InChI is InChI=1S/C16H17F3N4/c1-2-23-14-9-11(16(17,18)19)3-4-12(14)13(10-20)15(23)22-7-5-21-6-8-22/h3-4,9,21H,2,5-8H2,1H3. The number of alkyl halides is 3. The van der Waals surface area contributed by atoms with Crippen molar-refractivity contribution in [1.29, 1.82) is 5.26 Å². The zero-order chi connectivity index (χ0) is 16.6. The van der Waals surface area contributed by atoms with E-state index in [1.807, 2.05) is 11.5 Å². The lowest BCUT2D eigenvalue weighted by Gasteiger charge is -2.30. The highest BCUT2D eigenvalue weighted by molar-refractivity contribution is 5.93. The first-order valence-electron chi connectivity index (χ1n) is 7.56. The Morgan fingerprint density at radius 3 is 2.52 bits per heavy atom. The van der Waals surface area contributed by atoms with Crippen LogP contribution in [0.1, 0.15) is 18.1 Å². The van der Waals surface area contributed by atoms with Gasteiger partial charge in [0, 0.05) is 38.1 Å². The summed E-state index contributed by atoms with van der Waals surface area (Å²) in [5.74, 6) is 0.728. The normalized spacial score (nSPS) is 15.9. The van der Waals surface area contributed by atoms with Gasteiger partial charge in [0.15, 0.2) is 0 Å². The highest BCUT2D eigenvalue weighted by Gasteiger charge is 2.32. The minimum absolute atomic E-state index is 0.456. The van der Waals surface area contributed by atoms with Crippen molar-refractivity contribution >= 4 is 16.7 Å². The van der Waals surface area contributed by atoms with Gasteiger partial charge in [-0.1, -0.05) is 6.07 Å². The molecular formula is C16H17F3N4. The molecule has 1 aliphatic heterocycles. The van der Waals surface area contributed by atoms with Crippen LogP contribution in [0.2, 0.25) is 0 Å². The van der Waals surface area contributed by atoms with Gasteiger partial charge in [0.25, 0.3) is 0 Å². The Bertz CT molecular complexity index is 764. The molecule has 23 heavy (non-hydrogen) atoms. The topological polar surface area (TPSA) is 44.0 Å². The van der Waals surface area contributed by atoms with E-state index in [1.165, 1.54) is 6.07 Å². The number of nitrogens with one attached hydrogen (secondary N) is 1. The van der Waals surface area contributed by atoms with Crippen molar-refractivity contribution in [3.05, 3.63) is 29.3 Å². The third-order valence-electron chi connectivity index (χ3n) is 4.21. The molecule has 122 valence electrons. The van der Waals surface area contributed by atoms with Gasteiger partial charge in [0.1, 0.15) is 17.5 Å². The molecule has 3 rings (SSSR count). The van der Waals surface area contributed by atoms with Gasteiger partial charge in [-0.25, -0.2) is 0 Å². The van der Waals surface area contributed by atoms with Crippen molar-refractivity contribution in [3.8, 4) is 6.07 Å². The van der Waals surface area contributed by atoms with E-state index < -0.39 is 11.7 Å². The van der Waals surface area contributed by atoms with E-state index in [0.717, 1.165) is 44.1 Å². The molecule has 1 saturated heterocycles. The Morgan fingerprint density at radius 1 is 1.26 bits per heavy atom. The maximum absolute atomic E-state index is 13.0. The number of hydrogen-bond donors (Lipinski definition) is 1. The van der Waals surface area contributed by atoms with Crippen molar-refractivity contribution in [2.75, 3.05) is 31.1 Å². The molecule has 1 aliphatic rings. The second-order valence-electron chi connectivity index (χ2n) is 5.52. The van der Waals surface area contributed by atoms with Crippen LogP contribution in [0.25, 0.3) is 10.9 Å². The molecule has 1 aromatic heterocycles. The fourth-order valence-electron chi connectivity index (χ4n) is 3.15. The minimum Gasteiger partial charge on any atom is -0.354 e. The molecule has 2 heterocycles. The molecule has 0 aliphatic carbocycles. The van der Waals surface area contributed by atoms with Gasteiger partial charge in [-0.05, 0) is 19.1 Å². The van der Waals surface area contributed by atoms with Crippen molar-refractivity contribution < 1.29 is 13.2 Å². The Balaban J connectivity index is 2.24. The van der Waals surface area contributed by atoms with Crippen molar-refractivity contribution in [2.24, 2.45) is 0 Å². The van der Waals surface area contributed by atoms with E-state index in [1.54, 1.807) is 0 Å². The number of hydrogen-bond acceptors (Lipinski definition) is 3. The highest BCUT2D eigenvalue weighted by Crippen LogP contribution is 2.37. The molecule has 0 radical (unpaired) electrons. The molecule has 0 spiro atoms. The molecule has 0 amide bonds. The molecule has 2 aromatic rings. The van der Waals surface area contributed by atoms with E-state index >= 15 is 0 Å². The molecule has 1 fully saturated rings. The number of piperazine rings is 1. The average molecular weight is 322 g/mol. The minimum atomic E-state index is -4.39. The first-order valence-corrected chi connectivity index (χ1v) is 7.56. The van der Waals surface area contributed by atoms with Gasteiger partial charge in [-0.2, -0.15) is 18.4 Å². The largest absolute Gasteiger partial charge is 0.416 e. The zero-order valence-corrected chi connectivity index (χ0v) is 12.7. The fraction of sp³-hybridized carbons (Fsp3) is 0.438. The van der Waals surface area contributed by atoms with E-state index in [2.05, 4.69) is 16.3 Å². The molecular weight excluding hydrogens is 305 g/mol. The first kappa shape index (κ1) is 15.7. The van der Waals surface area contributed by atoms with Crippen LogP contribution >= 0.6 is 0 Å². The van der Waals surface area contributed by atoms with Crippen molar-refractivity contribution in [3.63, 3.8) is 0 Å². The quantitative estimate of drug-likeness (QED) is 0.924. The summed E-state index contributed by atoms with van der Waals surface area (Å²) < 4.78 is 40.8. The molecule has 0 saturated carbocycles. The third kappa shape index (κ3) is 2.63. The maximum atomic E-state index is 13.0. The van der Waals surface area contributed by atoms with Crippen LogP contribution in [0.3, 0.4) is 0 Å². The lowest BCUT2D eigenvalue weighted by atomic mass is 10.1. The van der Waals surface area contributed by atoms with Gasteiger partial charge in [0.05, 0.1) is 11.1 Å². The molecule has 0 atom stereocenters. The van der Waals surface area contributed by atoms with Crippen LogP contribution in [0.4, 0.5) is 19.0 Å².